The highest BCUT2D eigenvalue weighted by molar-refractivity contribution is 9.10. The first-order valence-corrected chi connectivity index (χ1v) is 9.05. The van der Waals surface area contributed by atoms with Crippen LogP contribution in [0.5, 0.6) is 0 Å². The average Bonchev–Trinajstić information content (AvgIpc) is 3.19. The Morgan fingerprint density at radius 2 is 1.81 bits per heavy atom. The molecule has 2 heterocycles. The Balaban J connectivity index is 1.83. The zero-order valence-electron chi connectivity index (χ0n) is 13.9. The van der Waals surface area contributed by atoms with Crippen LogP contribution in [0.3, 0.4) is 0 Å². The highest BCUT2D eigenvalue weighted by atomic mass is 79.9. The second-order valence-electron chi connectivity index (χ2n) is 5.78. The van der Waals surface area contributed by atoms with Crippen molar-refractivity contribution >= 4 is 27.5 Å². The Labute approximate surface area is 166 Å². The third kappa shape index (κ3) is 2.96. The van der Waals surface area contributed by atoms with E-state index in [1.807, 2.05) is 0 Å². The summed E-state index contributed by atoms with van der Waals surface area (Å²) in [5.74, 6) is -0.558. The molecule has 0 radical (unpaired) electrons. The highest BCUT2D eigenvalue weighted by Crippen LogP contribution is 2.41. The molecule has 8 heteroatoms. The van der Waals surface area contributed by atoms with E-state index in [0.717, 1.165) is 0 Å². The van der Waals surface area contributed by atoms with Crippen molar-refractivity contribution in [1.82, 2.24) is 14.9 Å². The summed E-state index contributed by atoms with van der Waals surface area (Å²) >= 11 is 9.54. The molecule has 4 nitrogen and oxygen atoms in total. The van der Waals surface area contributed by atoms with Crippen LogP contribution in [-0.2, 0) is 0 Å². The molecule has 0 amide bonds. The van der Waals surface area contributed by atoms with Crippen LogP contribution in [0.2, 0.25) is 5.02 Å². The molecule has 0 aliphatic heterocycles. The van der Waals surface area contributed by atoms with Crippen molar-refractivity contribution in [2.24, 2.45) is 0 Å². The molecule has 4 rings (SSSR count). The summed E-state index contributed by atoms with van der Waals surface area (Å²) in [6.45, 7) is 1.78. The molecule has 0 saturated heterocycles. The number of hydrogen-bond acceptors (Lipinski definition) is 3. The van der Waals surface area contributed by atoms with E-state index in [9.17, 15) is 8.78 Å². The van der Waals surface area contributed by atoms with Gasteiger partial charge in [-0.05, 0) is 47.1 Å². The van der Waals surface area contributed by atoms with Crippen molar-refractivity contribution in [2.45, 2.75) is 6.92 Å². The van der Waals surface area contributed by atoms with Crippen LogP contribution >= 0.6 is 27.5 Å². The van der Waals surface area contributed by atoms with Crippen molar-refractivity contribution in [3.8, 4) is 28.3 Å². The van der Waals surface area contributed by atoms with Gasteiger partial charge in [0, 0.05) is 0 Å². The van der Waals surface area contributed by atoms with Gasteiger partial charge in [-0.3, -0.25) is 0 Å². The number of hydrogen-bond donors (Lipinski definition) is 0. The van der Waals surface area contributed by atoms with Gasteiger partial charge in [0.2, 0.25) is 0 Å². The van der Waals surface area contributed by atoms with Gasteiger partial charge in [-0.2, -0.15) is 5.10 Å². The van der Waals surface area contributed by atoms with Crippen molar-refractivity contribution < 1.29 is 13.3 Å². The maximum absolute atomic E-state index is 14.2. The molecule has 27 heavy (non-hydrogen) atoms. The lowest BCUT2D eigenvalue weighted by Crippen LogP contribution is -2.01. The van der Waals surface area contributed by atoms with Crippen molar-refractivity contribution in [3.05, 3.63) is 75.5 Å². The Morgan fingerprint density at radius 3 is 2.56 bits per heavy atom. The van der Waals surface area contributed by atoms with E-state index in [2.05, 4.69) is 26.2 Å². The first kappa shape index (κ1) is 17.9. The van der Waals surface area contributed by atoms with Gasteiger partial charge >= 0.3 is 0 Å². The fourth-order valence-electron chi connectivity index (χ4n) is 2.82. The predicted octanol–water partition coefficient (Wildman–Crippen LogP) is 6.20. The largest absolute Gasteiger partial charge is 0.354 e. The van der Waals surface area contributed by atoms with Gasteiger partial charge in [0.25, 0.3) is 0 Å². The molecule has 0 bridgehead atoms. The van der Waals surface area contributed by atoms with Gasteiger partial charge < -0.3 is 4.52 Å². The summed E-state index contributed by atoms with van der Waals surface area (Å²) in [7, 11) is 0. The van der Waals surface area contributed by atoms with Gasteiger partial charge in [-0.15, -0.1) is 0 Å². The number of benzene rings is 2. The summed E-state index contributed by atoms with van der Waals surface area (Å²) < 4.78 is 35.7. The van der Waals surface area contributed by atoms with E-state index < -0.39 is 11.6 Å². The molecule has 2 aromatic heterocycles. The third-order valence-corrected chi connectivity index (χ3v) is 5.22. The van der Waals surface area contributed by atoms with Crippen LogP contribution in [0.15, 0.2) is 57.7 Å². The van der Waals surface area contributed by atoms with Crippen LogP contribution in [-0.4, -0.2) is 14.9 Å². The Morgan fingerprint density at radius 1 is 1.07 bits per heavy atom. The monoisotopic (exact) mass is 449 g/mol. The minimum absolute atomic E-state index is 0.139. The van der Waals surface area contributed by atoms with Crippen LogP contribution in [0.25, 0.3) is 28.3 Å². The Hall–Kier alpha value is -2.51. The number of rotatable bonds is 3. The number of aromatic nitrogens is 3. The number of para-hydroxylation sites is 1. The summed E-state index contributed by atoms with van der Waals surface area (Å²) in [6, 6.07) is 10.7. The second kappa shape index (κ2) is 6.90. The van der Waals surface area contributed by atoms with Crippen LogP contribution in [0.4, 0.5) is 8.78 Å². The predicted molar refractivity (Wildman–Crippen MR) is 102 cm³/mol. The zero-order valence-corrected chi connectivity index (χ0v) is 16.2. The molecule has 136 valence electrons. The van der Waals surface area contributed by atoms with Gasteiger partial charge in [-0.1, -0.05) is 35.0 Å². The Kier molecular flexibility index (Phi) is 4.57. The molecule has 0 aliphatic carbocycles. The standard InChI is InChI=1S/C19H11BrClF2N3O/c1-10-11(9-24-26(10)15-8-3-2-6-13(15)22)19-17(20)18(25-27-19)16-12(21)5-4-7-14(16)23/h2-9H,1H3. The minimum atomic E-state index is -0.512. The molecule has 0 aliphatic rings. The number of nitrogens with zero attached hydrogens (tertiary/aromatic N) is 3. The molecule has 0 fully saturated rings. The molecule has 0 saturated carbocycles. The SMILES string of the molecule is Cc1c(-c2onc(-c3c(F)cccc3Cl)c2Br)cnn1-c1ccccc1F. The lowest BCUT2D eigenvalue weighted by molar-refractivity contribution is 0.433. The fraction of sp³-hybridized carbons (Fsp3) is 0.0526. The average molecular weight is 451 g/mol. The Bertz CT molecular complexity index is 1140. The molecule has 0 spiro atoms. The number of halogens is 4. The van der Waals surface area contributed by atoms with Crippen LogP contribution < -0.4 is 0 Å². The summed E-state index contributed by atoms with van der Waals surface area (Å²) in [5.41, 5.74) is 1.93. The quantitative estimate of drug-likeness (QED) is 0.373. The first-order chi connectivity index (χ1) is 13.0. The van der Waals surface area contributed by atoms with Gasteiger partial charge in [0.05, 0.1) is 32.5 Å². The highest BCUT2D eigenvalue weighted by Gasteiger charge is 2.24. The molecule has 2 aromatic carbocycles. The molecule has 4 aromatic rings. The summed E-state index contributed by atoms with van der Waals surface area (Å²) in [6.07, 6.45) is 1.54. The van der Waals surface area contributed by atoms with Gasteiger partial charge in [-0.25, -0.2) is 13.5 Å². The van der Waals surface area contributed by atoms with E-state index in [4.69, 9.17) is 16.1 Å². The van der Waals surface area contributed by atoms with Gasteiger partial charge in [0.15, 0.2) is 5.76 Å². The topological polar surface area (TPSA) is 43.9 Å². The van der Waals surface area contributed by atoms with E-state index in [0.29, 0.717) is 27.2 Å². The van der Waals surface area contributed by atoms with E-state index >= 15 is 0 Å². The zero-order chi connectivity index (χ0) is 19.1. The lowest BCUT2D eigenvalue weighted by Gasteiger charge is -2.06. The lowest BCUT2D eigenvalue weighted by atomic mass is 10.1. The van der Waals surface area contributed by atoms with Crippen LogP contribution in [0, 0.1) is 18.6 Å². The van der Waals surface area contributed by atoms with E-state index in [1.165, 1.54) is 22.9 Å². The molecule has 0 N–H and O–H groups in total. The summed E-state index contributed by atoms with van der Waals surface area (Å²) in [4.78, 5) is 0. The maximum Gasteiger partial charge on any atom is 0.185 e. The molecular formula is C19H11BrClF2N3O. The van der Waals surface area contributed by atoms with Crippen LogP contribution in [0.1, 0.15) is 5.69 Å². The van der Waals surface area contributed by atoms with Gasteiger partial charge in [0.1, 0.15) is 23.0 Å². The normalized spacial score (nSPS) is 11.1. The third-order valence-electron chi connectivity index (χ3n) is 4.17. The molecule has 0 unspecified atom stereocenters. The maximum atomic E-state index is 14.2. The fourth-order valence-corrected chi connectivity index (χ4v) is 3.63. The smallest absolute Gasteiger partial charge is 0.185 e. The molecule has 0 atom stereocenters. The van der Waals surface area contributed by atoms with Crippen molar-refractivity contribution in [1.29, 1.82) is 0 Å². The van der Waals surface area contributed by atoms with E-state index in [1.54, 1.807) is 37.4 Å². The second-order valence-corrected chi connectivity index (χ2v) is 6.98. The van der Waals surface area contributed by atoms with Crippen molar-refractivity contribution in [2.75, 3.05) is 0 Å². The minimum Gasteiger partial charge on any atom is -0.354 e. The van der Waals surface area contributed by atoms with E-state index in [-0.39, 0.29) is 16.3 Å². The first-order valence-electron chi connectivity index (χ1n) is 7.88. The summed E-state index contributed by atoms with van der Waals surface area (Å²) in [5, 5.41) is 8.43. The van der Waals surface area contributed by atoms with Crippen molar-refractivity contribution in [3.63, 3.8) is 0 Å². The molecular weight excluding hydrogens is 440 g/mol.